The minimum absolute atomic E-state index is 0.0919. The summed E-state index contributed by atoms with van der Waals surface area (Å²) in [7, 11) is 0. The number of fused-ring (bicyclic) bond motifs is 2. The fraction of sp³-hybridized carbons (Fsp3) is 0.150. The first-order valence-corrected chi connectivity index (χ1v) is 7.65. The van der Waals surface area contributed by atoms with Crippen LogP contribution in [0.15, 0.2) is 66.7 Å². The highest BCUT2D eigenvalue weighted by atomic mass is 16.2. The van der Waals surface area contributed by atoms with Gasteiger partial charge in [-0.3, -0.25) is 4.79 Å². The molecule has 0 radical (unpaired) electrons. The predicted molar refractivity (Wildman–Crippen MR) is 90.4 cm³/mol. The summed E-state index contributed by atoms with van der Waals surface area (Å²) >= 11 is 0. The highest BCUT2D eigenvalue weighted by molar-refractivity contribution is 6.15. The van der Waals surface area contributed by atoms with Crippen LogP contribution in [0.3, 0.4) is 0 Å². The van der Waals surface area contributed by atoms with Crippen molar-refractivity contribution >= 4 is 22.4 Å². The Hall–Kier alpha value is -2.61. The summed E-state index contributed by atoms with van der Waals surface area (Å²) in [4.78, 5) is 15.1. The number of para-hydroxylation sites is 1. The van der Waals surface area contributed by atoms with Gasteiger partial charge in [0.05, 0.1) is 0 Å². The van der Waals surface area contributed by atoms with Crippen LogP contribution in [-0.2, 0) is 6.42 Å². The van der Waals surface area contributed by atoms with Crippen molar-refractivity contribution in [1.29, 1.82) is 0 Å². The summed E-state index contributed by atoms with van der Waals surface area (Å²) in [6.45, 7) is 2.11. The van der Waals surface area contributed by atoms with E-state index in [-0.39, 0.29) is 11.9 Å². The molecule has 1 heterocycles. The maximum absolute atomic E-state index is 13.2. The molecule has 2 nitrogen and oxygen atoms in total. The van der Waals surface area contributed by atoms with Gasteiger partial charge < -0.3 is 4.90 Å². The zero-order chi connectivity index (χ0) is 15.1. The zero-order valence-electron chi connectivity index (χ0n) is 12.5. The van der Waals surface area contributed by atoms with Crippen LogP contribution >= 0.6 is 0 Å². The average Bonchev–Trinajstić information content (AvgIpc) is 2.89. The molecule has 2 heteroatoms. The van der Waals surface area contributed by atoms with E-state index in [2.05, 4.69) is 13.0 Å². The summed E-state index contributed by atoms with van der Waals surface area (Å²) in [6.07, 6.45) is 0.923. The summed E-state index contributed by atoms with van der Waals surface area (Å²) in [5.41, 5.74) is 3.08. The van der Waals surface area contributed by atoms with E-state index in [0.717, 1.165) is 28.4 Å². The Kier molecular flexibility index (Phi) is 2.97. The van der Waals surface area contributed by atoms with Crippen LogP contribution in [-0.4, -0.2) is 11.9 Å². The van der Waals surface area contributed by atoms with E-state index in [1.807, 2.05) is 65.6 Å². The van der Waals surface area contributed by atoms with Crippen molar-refractivity contribution in [2.45, 2.75) is 19.4 Å². The van der Waals surface area contributed by atoms with Crippen LogP contribution in [0, 0.1) is 0 Å². The third kappa shape index (κ3) is 1.92. The maximum atomic E-state index is 13.2. The van der Waals surface area contributed by atoms with Crippen molar-refractivity contribution in [3.05, 3.63) is 77.9 Å². The van der Waals surface area contributed by atoms with Gasteiger partial charge in [-0.2, -0.15) is 0 Å². The SMILES string of the molecule is CC1Cc2ccccc2N1C(=O)c1cccc2ccccc12. The van der Waals surface area contributed by atoms with E-state index >= 15 is 0 Å². The third-order valence-electron chi connectivity index (χ3n) is 4.45. The fourth-order valence-electron chi connectivity index (χ4n) is 3.42. The van der Waals surface area contributed by atoms with Crippen LogP contribution in [0.1, 0.15) is 22.8 Å². The van der Waals surface area contributed by atoms with Gasteiger partial charge >= 0.3 is 0 Å². The van der Waals surface area contributed by atoms with Gasteiger partial charge in [0.2, 0.25) is 0 Å². The normalized spacial score (nSPS) is 16.8. The molecule has 0 bridgehead atoms. The molecule has 108 valence electrons. The highest BCUT2D eigenvalue weighted by Crippen LogP contribution is 2.34. The van der Waals surface area contributed by atoms with Gasteiger partial charge in [0.15, 0.2) is 0 Å². The number of benzene rings is 3. The second-order valence-corrected chi connectivity index (χ2v) is 5.88. The topological polar surface area (TPSA) is 20.3 Å². The maximum Gasteiger partial charge on any atom is 0.259 e. The van der Waals surface area contributed by atoms with E-state index in [0.29, 0.717) is 0 Å². The van der Waals surface area contributed by atoms with E-state index in [9.17, 15) is 4.79 Å². The lowest BCUT2D eigenvalue weighted by Crippen LogP contribution is -2.35. The van der Waals surface area contributed by atoms with E-state index in [4.69, 9.17) is 0 Å². The first kappa shape index (κ1) is 13.1. The molecule has 22 heavy (non-hydrogen) atoms. The van der Waals surface area contributed by atoms with Gasteiger partial charge in [0.25, 0.3) is 5.91 Å². The Bertz CT molecular complexity index is 863. The molecule has 3 aromatic carbocycles. The van der Waals surface area contributed by atoms with Crippen LogP contribution in [0.25, 0.3) is 10.8 Å². The minimum Gasteiger partial charge on any atom is -0.305 e. The monoisotopic (exact) mass is 287 g/mol. The summed E-state index contributed by atoms with van der Waals surface area (Å²) in [6, 6.07) is 22.4. The molecular weight excluding hydrogens is 270 g/mol. The fourth-order valence-corrected chi connectivity index (χ4v) is 3.42. The number of hydrogen-bond acceptors (Lipinski definition) is 1. The van der Waals surface area contributed by atoms with Crippen molar-refractivity contribution in [2.75, 3.05) is 4.90 Å². The molecule has 1 atom stereocenters. The molecule has 1 unspecified atom stereocenters. The number of anilines is 1. The summed E-state index contributed by atoms with van der Waals surface area (Å²) in [5, 5.41) is 2.13. The molecule has 4 rings (SSSR count). The lowest BCUT2D eigenvalue weighted by molar-refractivity contribution is 0.0983. The van der Waals surface area contributed by atoms with Crippen LogP contribution in [0.2, 0.25) is 0 Å². The standard InChI is InChI=1S/C20H17NO/c1-14-13-16-8-3-5-12-19(16)21(14)20(22)18-11-6-9-15-7-2-4-10-17(15)18/h2-12,14H,13H2,1H3. The predicted octanol–water partition coefficient (Wildman–Crippen LogP) is 4.43. The van der Waals surface area contributed by atoms with Crippen molar-refractivity contribution in [3.63, 3.8) is 0 Å². The lowest BCUT2D eigenvalue weighted by Gasteiger charge is -2.23. The Morgan fingerprint density at radius 2 is 1.68 bits per heavy atom. The molecule has 0 saturated carbocycles. The number of carbonyl (C=O) groups excluding carboxylic acids is 1. The van der Waals surface area contributed by atoms with Crippen LogP contribution in [0.4, 0.5) is 5.69 Å². The highest BCUT2D eigenvalue weighted by Gasteiger charge is 2.31. The first-order valence-electron chi connectivity index (χ1n) is 7.65. The molecule has 1 amide bonds. The summed E-state index contributed by atoms with van der Waals surface area (Å²) < 4.78 is 0. The quantitative estimate of drug-likeness (QED) is 0.648. The van der Waals surface area contributed by atoms with Gasteiger partial charge in [-0.25, -0.2) is 0 Å². The Labute approximate surface area is 130 Å². The number of nitrogens with zero attached hydrogens (tertiary/aromatic N) is 1. The largest absolute Gasteiger partial charge is 0.305 e. The van der Waals surface area contributed by atoms with Crippen molar-refractivity contribution in [3.8, 4) is 0 Å². The Morgan fingerprint density at radius 1 is 0.955 bits per heavy atom. The molecule has 3 aromatic rings. The molecule has 1 aliphatic heterocycles. The number of rotatable bonds is 1. The number of amides is 1. The minimum atomic E-state index is 0.0919. The third-order valence-corrected chi connectivity index (χ3v) is 4.45. The average molecular weight is 287 g/mol. The van der Waals surface area contributed by atoms with Crippen molar-refractivity contribution < 1.29 is 4.79 Å². The number of hydrogen-bond donors (Lipinski definition) is 0. The molecule has 0 aliphatic carbocycles. The van der Waals surface area contributed by atoms with Gasteiger partial charge in [0, 0.05) is 17.3 Å². The molecule has 1 aliphatic rings. The molecular formula is C20H17NO. The van der Waals surface area contributed by atoms with Crippen LogP contribution in [0.5, 0.6) is 0 Å². The Balaban J connectivity index is 1.85. The molecule has 0 N–H and O–H groups in total. The first-order chi connectivity index (χ1) is 10.8. The van der Waals surface area contributed by atoms with E-state index in [1.54, 1.807) is 0 Å². The molecule has 0 aromatic heterocycles. The second-order valence-electron chi connectivity index (χ2n) is 5.88. The smallest absolute Gasteiger partial charge is 0.259 e. The van der Waals surface area contributed by atoms with Gasteiger partial charge in [-0.15, -0.1) is 0 Å². The molecule has 0 saturated heterocycles. The van der Waals surface area contributed by atoms with Crippen molar-refractivity contribution in [1.82, 2.24) is 0 Å². The zero-order valence-corrected chi connectivity index (χ0v) is 12.5. The molecule has 0 spiro atoms. The second kappa shape index (κ2) is 4.99. The van der Waals surface area contributed by atoms with Gasteiger partial charge in [0.1, 0.15) is 0 Å². The van der Waals surface area contributed by atoms with Gasteiger partial charge in [-0.05, 0) is 41.8 Å². The molecule has 0 fully saturated rings. The lowest BCUT2D eigenvalue weighted by atomic mass is 10.0. The van der Waals surface area contributed by atoms with E-state index < -0.39 is 0 Å². The van der Waals surface area contributed by atoms with E-state index in [1.165, 1.54) is 5.56 Å². The van der Waals surface area contributed by atoms with Gasteiger partial charge in [-0.1, -0.05) is 54.6 Å². The van der Waals surface area contributed by atoms with Crippen molar-refractivity contribution in [2.24, 2.45) is 0 Å². The number of carbonyl (C=O) groups is 1. The Morgan fingerprint density at radius 3 is 2.59 bits per heavy atom. The summed E-state index contributed by atoms with van der Waals surface area (Å²) in [5.74, 6) is 0.0919. The van der Waals surface area contributed by atoms with Crippen LogP contribution < -0.4 is 4.90 Å².